The quantitative estimate of drug-likeness (QED) is 0.756. The predicted molar refractivity (Wildman–Crippen MR) is 116 cm³/mol. The van der Waals surface area contributed by atoms with E-state index in [2.05, 4.69) is 64.7 Å². The second-order valence-corrected chi connectivity index (χ2v) is 7.96. The van der Waals surface area contributed by atoms with Crippen LogP contribution in [0, 0.1) is 24.2 Å². The van der Waals surface area contributed by atoms with E-state index in [1.54, 1.807) is 0 Å². The molecule has 2 aromatic carbocycles. The van der Waals surface area contributed by atoms with Gasteiger partial charge in [-0.25, -0.2) is 0 Å². The van der Waals surface area contributed by atoms with Crippen LogP contribution >= 0.6 is 0 Å². The maximum Gasteiger partial charge on any atom is 0.226 e. The molecule has 1 heterocycles. The van der Waals surface area contributed by atoms with Gasteiger partial charge in [0.1, 0.15) is 0 Å². The van der Waals surface area contributed by atoms with Crippen molar-refractivity contribution in [1.82, 2.24) is 15.1 Å². The molecule has 2 atom stereocenters. The van der Waals surface area contributed by atoms with Gasteiger partial charge in [-0.2, -0.15) is 0 Å². The fraction of sp³-hybridized carbons (Fsp3) is 0.360. The number of benzene rings is 2. The molecule has 2 aliphatic rings. The summed E-state index contributed by atoms with van der Waals surface area (Å²) in [4.78, 5) is 29.2. The van der Waals surface area contributed by atoms with Crippen LogP contribution in [0.15, 0.2) is 60.7 Å². The number of rotatable bonds is 6. The van der Waals surface area contributed by atoms with E-state index in [9.17, 15) is 9.59 Å². The van der Waals surface area contributed by atoms with Crippen molar-refractivity contribution in [2.45, 2.75) is 12.5 Å². The summed E-state index contributed by atoms with van der Waals surface area (Å²) in [5.74, 6) is 2.00. The van der Waals surface area contributed by atoms with E-state index >= 15 is 0 Å². The van der Waals surface area contributed by atoms with E-state index in [0.717, 1.165) is 13.1 Å². The average molecular weight is 402 g/mol. The zero-order valence-electron chi connectivity index (χ0n) is 17.0. The highest BCUT2D eigenvalue weighted by atomic mass is 16.2. The van der Waals surface area contributed by atoms with Gasteiger partial charge < -0.3 is 10.2 Å². The Labute approximate surface area is 178 Å². The molecule has 1 saturated heterocycles. The summed E-state index contributed by atoms with van der Waals surface area (Å²) >= 11 is 0. The number of hydrogen-bond acceptors (Lipinski definition) is 3. The van der Waals surface area contributed by atoms with Crippen LogP contribution in [0.3, 0.4) is 0 Å². The van der Waals surface area contributed by atoms with Gasteiger partial charge >= 0.3 is 0 Å². The van der Waals surface area contributed by atoms with E-state index in [-0.39, 0.29) is 36.2 Å². The van der Waals surface area contributed by atoms with Crippen LogP contribution in [0.1, 0.15) is 23.6 Å². The third-order valence-corrected chi connectivity index (χ3v) is 6.03. The molecule has 1 N–H and O–H groups in total. The van der Waals surface area contributed by atoms with Crippen LogP contribution in [0.25, 0.3) is 0 Å². The van der Waals surface area contributed by atoms with Crippen LogP contribution in [-0.2, 0) is 9.59 Å². The van der Waals surface area contributed by atoms with Crippen LogP contribution in [0.4, 0.5) is 0 Å². The number of hydrogen-bond donors (Lipinski definition) is 1. The van der Waals surface area contributed by atoms with E-state index in [4.69, 9.17) is 6.42 Å². The molecule has 0 radical (unpaired) electrons. The van der Waals surface area contributed by atoms with Crippen molar-refractivity contribution in [3.05, 3.63) is 71.8 Å². The van der Waals surface area contributed by atoms with Gasteiger partial charge in [0.25, 0.3) is 0 Å². The lowest BCUT2D eigenvalue weighted by Crippen LogP contribution is -2.50. The fourth-order valence-corrected chi connectivity index (χ4v) is 4.35. The van der Waals surface area contributed by atoms with Crippen LogP contribution < -0.4 is 5.32 Å². The first kappa shape index (κ1) is 20.2. The Balaban J connectivity index is 1.39. The molecule has 2 aromatic rings. The zero-order chi connectivity index (χ0) is 20.9. The van der Waals surface area contributed by atoms with Gasteiger partial charge in [-0.15, -0.1) is 6.42 Å². The Morgan fingerprint density at radius 2 is 1.50 bits per heavy atom. The second-order valence-electron chi connectivity index (χ2n) is 7.96. The van der Waals surface area contributed by atoms with Crippen LogP contribution in [-0.4, -0.2) is 54.3 Å². The number of piperazine rings is 1. The molecular formula is C25H27N3O2. The lowest BCUT2D eigenvalue weighted by Gasteiger charge is -2.40. The first-order chi connectivity index (χ1) is 14.7. The minimum Gasteiger partial charge on any atom is -0.345 e. The minimum absolute atomic E-state index is 0.0989. The second kappa shape index (κ2) is 9.15. The summed E-state index contributed by atoms with van der Waals surface area (Å²) in [5.41, 5.74) is 2.52. The summed E-state index contributed by atoms with van der Waals surface area (Å²) in [7, 11) is 0. The molecule has 1 aliphatic heterocycles. The topological polar surface area (TPSA) is 52.7 Å². The molecule has 0 aromatic heterocycles. The standard InChI is InChI=1S/C25H27N3O2/c1-2-13-26-24(29)21-18-22(21)25(30)28-16-14-27(15-17-28)23(19-9-5-3-6-10-19)20-11-7-4-8-12-20/h1,3-12,21-23H,13-18H2,(H,26,29)/t21-,22-/m0/s1. The summed E-state index contributed by atoms with van der Waals surface area (Å²) < 4.78 is 0. The van der Waals surface area contributed by atoms with Gasteiger partial charge in [0.05, 0.1) is 24.4 Å². The molecule has 1 aliphatic carbocycles. The monoisotopic (exact) mass is 401 g/mol. The molecule has 5 nitrogen and oxygen atoms in total. The van der Waals surface area contributed by atoms with E-state index in [0.29, 0.717) is 19.5 Å². The van der Waals surface area contributed by atoms with E-state index in [1.165, 1.54) is 11.1 Å². The average Bonchev–Trinajstić information content (AvgIpc) is 3.60. The zero-order valence-corrected chi connectivity index (χ0v) is 17.0. The first-order valence-corrected chi connectivity index (χ1v) is 10.5. The van der Waals surface area contributed by atoms with Crippen molar-refractivity contribution >= 4 is 11.8 Å². The van der Waals surface area contributed by atoms with Crippen LogP contribution in [0.5, 0.6) is 0 Å². The third-order valence-electron chi connectivity index (χ3n) is 6.03. The fourth-order valence-electron chi connectivity index (χ4n) is 4.35. The van der Waals surface area contributed by atoms with E-state index < -0.39 is 0 Å². The molecule has 154 valence electrons. The van der Waals surface area contributed by atoms with E-state index in [1.807, 2.05) is 17.0 Å². The lowest BCUT2D eigenvalue weighted by atomic mass is 9.96. The van der Waals surface area contributed by atoms with Crippen molar-refractivity contribution in [1.29, 1.82) is 0 Å². The Kier molecular flexibility index (Phi) is 6.15. The van der Waals surface area contributed by atoms with Crippen molar-refractivity contribution in [2.75, 3.05) is 32.7 Å². The van der Waals surface area contributed by atoms with Gasteiger partial charge in [0.15, 0.2) is 0 Å². The maximum absolute atomic E-state index is 12.9. The molecule has 30 heavy (non-hydrogen) atoms. The molecule has 1 saturated carbocycles. The predicted octanol–water partition coefficient (Wildman–Crippen LogP) is 2.31. The lowest BCUT2D eigenvalue weighted by molar-refractivity contribution is -0.136. The first-order valence-electron chi connectivity index (χ1n) is 10.5. The molecule has 2 fully saturated rings. The number of carbonyl (C=O) groups excluding carboxylic acids is 2. The summed E-state index contributed by atoms with van der Waals surface area (Å²) in [6.45, 7) is 3.20. The van der Waals surface area contributed by atoms with Gasteiger partial charge in [-0.05, 0) is 17.5 Å². The van der Waals surface area contributed by atoms with Crippen LogP contribution in [0.2, 0.25) is 0 Å². The minimum atomic E-state index is -0.217. The summed E-state index contributed by atoms with van der Waals surface area (Å²) in [6, 6.07) is 21.2. The molecule has 2 amide bonds. The molecule has 0 spiro atoms. The highest BCUT2D eigenvalue weighted by Gasteiger charge is 2.49. The summed E-state index contributed by atoms with van der Waals surface area (Å²) in [5, 5.41) is 2.69. The Morgan fingerprint density at radius 3 is 2.03 bits per heavy atom. The number of carbonyl (C=O) groups is 2. The van der Waals surface area contributed by atoms with Crippen molar-refractivity contribution in [3.63, 3.8) is 0 Å². The van der Waals surface area contributed by atoms with Gasteiger partial charge in [-0.1, -0.05) is 66.6 Å². The number of terminal acetylenes is 1. The smallest absolute Gasteiger partial charge is 0.226 e. The molecule has 4 rings (SSSR count). The normalized spacial score (nSPS) is 21.1. The number of nitrogens with zero attached hydrogens (tertiary/aromatic N) is 2. The highest BCUT2D eigenvalue weighted by Crippen LogP contribution is 2.40. The largest absolute Gasteiger partial charge is 0.345 e. The molecule has 0 unspecified atom stereocenters. The van der Waals surface area contributed by atoms with Gasteiger partial charge in [-0.3, -0.25) is 14.5 Å². The summed E-state index contributed by atoms with van der Waals surface area (Å²) in [6.07, 6.45) is 5.82. The molecule has 0 bridgehead atoms. The Morgan fingerprint density at radius 1 is 0.933 bits per heavy atom. The highest BCUT2D eigenvalue weighted by molar-refractivity contribution is 5.92. The maximum atomic E-state index is 12.9. The Bertz CT molecular complexity index is 875. The molecular weight excluding hydrogens is 374 g/mol. The van der Waals surface area contributed by atoms with Crippen molar-refractivity contribution in [2.24, 2.45) is 11.8 Å². The van der Waals surface area contributed by atoms with Gasteiger partial charge in [0, 0.05) is 26.2 Å². The number of nitrogens with one attached hydrogen (secondary N) is 1. The SMILES string of the molecule is C#CCNC(=O)[C@H]1C[C@@H]1C(=O)N1CCN(C(c2ccccc2)c2ccccc2)CC1. The Hall–Kier alpha value is -3.10. The van der Waals surface area contributed by atoms with Crippen molar-refractivity contribution in [3.8, 4) is 12.3 Å². The van der Waals surface area contributed by atoms with Gasteiger partial charge in [0.2, 0.25) is 11.8 Å². The molecule has 5 heteroatoms. The third kappa shape index (κ3) is 4.39. The number of amides is 2. The van der Waals surface area contributed by atoms with Crippen molar-refractivity contribution < 1.29 is 9.59 Å².